The molecule has 0 fully saturated rings. The molecular formula is C17H30N2. The van der Waals surface area contributed by atoms with E-state index in [0.717, 1.165) is 0 Å². The van der Waals surface area contributed by atoms with Crippen molar-refractivity contribution in [3.8, 4) is 0 Å². The molecule has 2 nitrogen and oxygen atoms in total. The standard InChI is InChI=1S/C17H30N2/c1-12-9-8-10-15(11-12)16(13(2)18)19(7)14(3)17(4,5)6/h8-11,13-14,16H,18H2,1-7H3. The summed E-state index contributed by atoms with van der Waals surface area (Å²) < 4.78 is 0. The van der Waals surface area contributed by atoms with Gasteiger partial charge in [-0.05, 0) is 38.8 Å². The van der Waals surface area contributed by atoms with Crippen molar-refractivity contribution in [1.82, 2.24) is 4.90 Å². The van der Waals surface area contributed by atoms with Gasteiger partial charge in [-0.15, -0.1) is 0 Å². The smallest absolute Gasteiger partial charge is 0.0496 e. The van der Waals surface area contributed by atoms with Gasteiger partial charge in [-0.25, -0.2) is 0 Å². The molecule has 3 unspecified atom stereocenters. The second-order valence-corrected chi connectivity index (χ2v) is 6.93. The summed E-state index contributed by atoms with van der Waals surface area (Å²) in [7, 11) is 2.19. The number of benzene rings is 1. The molecule has 0 saturated heterocycles. The number of rotatable bonds is 4. The molecule has 2 heteroatoms. The predicted octanol–water partition coefficient (Wildman–Crippen LogP) is 3.75. The average molecular weight is 262 g/mol. The van der Waals surface area contributed by atoms with Crippen molar-refractivity contribution >= 4 is 0 Å². The Labute approximate surface area is 119 Å². The highest BCUT2D eigenvalue weighted by molar-refractivity contribution is 5.26. The van der Waals surface area contributed by atoms with Crippen LogP contribution in [0, 0.1) is 12.3 Å². The number of nitrogens with two attached hydrogens (primary N) is 1. The lowest BCUT2D eigenvalue weighted by Gasteiger charge is -2.42. The summed E-state index contributed by atoms with van der Waals surface area (Å²) in [5, 5.41) is 0. The first kappa shape index (κ1) is 16.2. The second kappa shape index (κ2) is 6.06. The van der Waals surface area contributed by atoms with Crippen LogP contribution in [0.2, 0.25) is 0 Å². The Morgan fingerprint density at radius 1 is 1.16 bits per heavy atom. The Balaban J connectivity index is 3.08. The van der Waals surface area contributed by atoms with Crippen molar-refractivity contribution in [3.63, 3.8) is 0 Å². The minimum Gasteiger partial charge on any atom is -0.326 e. The maximum absolute atomic E-state index is 6.26. The van der Waals surface area contributed by atoms with Gasteiger partial charge in [-0.3, -0.25) is 4.90 Å². The van der Waals surface area contributed by atoms with Crippen molar-refractivity contribution in [3.05, 3.63) is 35.4 Å². The summed E-state index contributed by atoms with van der Waals surface area (Å²) in [6, 6.07) is 9.52. The third kappa shape index (κ3) is 4.05. The quantitative estimate of drug-likeness (QED) is 0.895. The highest BCUT2D eigenvalue weighted by atomic mass is 15.2. The zero-order chi connectivity index (χ0) is 14.8. The molecule has 0 spiro atoms. The molecule has 19 heavy (non-hydrogen) atoms. The lowest BCUT2D eigenvalue weighted by atomic mass is 9.85. The van der Waals surface area contributed by atoms with Crippen LogP contribution in [-0.4, -0.2) is 24.0 Å². The fraction of sp³-hybridized carbons (Fsp3) is 0.647. The number of aryl methyl sites for hydroxylation is 1. The van der Waals surface area contributed by atoms with E-state index < -0.39 is 0 Å². The van der Waals surface area contributed by atoms with Crippen LogP contribution in [0.25, 0.3) is 0 Å². The molecule has 1 rings (SSSR count). The fourth-order valence-corrected chi connectivity index (χ4v) is 2.62. The Morgan fingerprint density at radius 3 is 2.16 bits per heavy atom. The molecule has 0 aliphatic heterocycles. The molecule has 108 valence electrons. The molecule has 0 heterocycles. The SMILES string of the molecule is Cc1cccc(C(C(C)N)N(C)C(C)C(C)(C)C)c1. The second-order valence-electron chi connectivity index (χ2n) is 6.93. The van der Waals surface area contributed by atoms with Gasteiger partial charge < -0.3 is 5.73 Å². The topological polar surface area (TPSA) is 29.3 Å². The molecule has 0 saturated carbocycles. The van der Waals surface area contributed by atoms with E-state index in [-0.39, 0.29) is 17.5 Å². The number of hydrogen-bond donors (Lipinski definition) is 1. The van der Waals surface area contributed by atoms with E-state index >= 15 is 0 Å². The van der Waals surface area contributed by atoms with Gasteiger partial charge >= 0.3 is 0 Å². The number of likely N-dealkylation sites (N-methyl/N-ethyl adjacent to an activating group) is 1. The Bertz CT molecular complexity index is 404. The third-order valence-electron chi connectivity index (χ3n) is 4.18. The molecule has 1 aromatic carbocycles. The minimum atomic E-state index is 0.108. The largest absolute Gasteiger partial charge is 0.326 e. The van der Waals surface area contributed by atoms with Gasteiger partial charge in [0.05, 0.1) is 0 Å². The highest BCUT2D eigenvalue weighted by Gasteiger charge is 2.31. The lowest BCUT2D eigenvalue weighted by molar-refractivity contribution is 0.0867. The number of hydrogen-bond acceptors (Lipinski definition) is 2. The molecule has 1 aromatic rings. The molecule has 0 amide bonds. The van der Waals surface area contributed by atoms with Gasteiger partial charge in [0.25, 0.3) is 0 Å². The summed E-state index contributed by atoms with van der Waals surface area (Å²) >= 11 is 0. The molecular weight excluding hydrogens is 232 g/mol. The van der Waals surface area contributed by atoms with Gasteiger partial charge in [0.15, 0.2) is 0 Å². The van der Waals surface area contributed by atoms with Crippen molar-refractivity contribution < 1.29 is 0 Å². The number of nitrogens with zero attached hydrogens (tertiary/aromatic N) is 1. The zero-order valence-corrected chi connectivity index (χ0v) is 13.6. The molecule has 0 bridgehead atoms. The first-order chi connectivity index (χ1) is 8.64. The summed E-state index contributed by atoms with van der Waals surface area (Å²) in [6.07, 6.45) is 0. The van der Waals surface area contributed by atoms with Gasteiger partial charge in [-0.2, -0.15) is 0 Å². The van der Waals surface area contributed by atoms with Gasteiger partial charge in [-0.1, -0.05) is 50.6 Å². The Hall–Kier alpha value is -0.860. The molecule has 0 aliphatic rings. The Kier molecular flexibility index (Phi) is 5.17. The van der Waals surface area contributed by atoms with Crippen LogP contribution in [0.15, 0.2) is 24.3 Å². The summed E-state index contributed by atoms with van der Waals surface area (Å²) in [6.45, 7) is 13.4. The van der Waals surface area contributed by atoms with Crippen molar-refractivity contribution in [1.29, 1.82) is 0 Å². The van der Waals surface area contributed by atoms with Crippen LogP contribution in [-0.2, 0) is 0 Å². The maximum Gasteiger partial charge on any atom is 0.0496 e. The van der Waals surface area contributed by atoms with E-state index in [9.17, 15) is 0 Å². The molecule has 3 atom stereocenters. The monoisotopic (exact) mass is 262 g/mol. The van der Waals surface area contributed by atoms with Crippen LogP contribution in [0.3, 0.4) is 0 Å². The summed E-state index contributed by atoms with van der Waals surface area (Å²) in [5.41, 5.74) is 9.11. The molecule has 2 N–H and O–H groups in total. The van der Waals surface area contributed by atoms with Gasteiger partial charge in [0.1, 0.15) is 0 Å². The van der Waals surface area contributed by atoms with Crippen LogP contribution in [0.1, 0.15) is 51.8 Å². The van der Waals surface area contributed by atoms with Crippen molar-refractivity contribution in [2.45, 2.75) is 59.7 Å². The summed E-state index contributed by atoms with van der Waals surface area (Å²) in [5.74, 6) is 0. The van der Waals surface area contributed by atoms with Crippen molar-refractivity contribution in [2.24, 2.45) is 11.1 Å². The average Bonchev–Trinajstić information content (AvgIpc) is 2.26. The van der Waals surface area contributed by atoms with Gasteiger partial charge in [0, 0.05) is 18.1 Å². The minimum absolute atomic E-state index is 0.108. The summed E-state index contributed by atoms with van der Waals surface area (Å²) in [4.78, 5) is 2.42. The van der Waals surface area contributed by atoms with E-state index in [1.54, 1.807) is 0 Å². The van der Waals surface area contributed by atoms with E-state index in [0.29, 0.717) is 6.04 Å². The van der Waals surface area contributed by atoms with Crippen LogP contribution >= 0.6 is 0 Å². The van der Waals surface area contributed by atoms with Gasteiger partial charge in [0.2, 0.25) is 0 Å². The van der Waals surface area contributed by atoms with E-state index in [4.69, 9.17) is 5.73 Å². The fourth-order valence-electron chi connectivity index (χ4n) is 2.62. The molecule has 0 aromatic heterocycles. The maximum atomic E-state index is 6.26. The highest BCUT2D eigenvalue weighted by Crippen LogP contribution is 2.31. The molecule has 0 radical (unpaired) electrons. The third-order valence-corrected chi connectivity index (χ3v) is 4.18. The Morgan fingerprint density at radius 2 is 1.74 bits per heavy atom. The van der Waals surface area contributed by atoms with Crippen LogP contribution in [0.4, 0.5) is 0 Å². The molecule has 0 aliphatic carbocycles. The van der Waals surface area contributed by atoms with Crippen LogP contribution < -0.4 is 5.73 Å². The lowest BCUT2D eigenvalue weighted by Crippen LogP contribution is -2.46. The van der Waals surface area contributed by atoms with E-state index in [1.807, 2.05) is 0 Å². The van der Waals surface area contributed by atoms with E-state index in [2.05, 4.69) is 77.8 Å². The normalized spacial score (nSPS) is 17.3. The first-order valence-corrected chi connectivity index (χ1v) is 7.18. The van der Waals surface area contributed by atoms with E-state index in [1.165, 1.54) is 11.1 Å². The van der Waals surface area contributed by atoms with Crippen LogP contribution in [0.5, 0.6) is 0 Å². The van der Waals surface area contributed by atoms with Crippen molar-refractivity contribution in [2.75, 3.05) is 7.05 Å². The predicted molar refractivity (Wildman–Crippen MR) is 84.2 cm³/mol. The zero-order valence-electron chi connectivity index (χ0n) is 13.6. The first-order valence-electron chi connectivity index (χ1n) is 7.18.